The molecular formula is C12H12N4. The van der Waals surface area contributed by atoms with Crippen LogP contribution in [0.25, 0.3) is 11.0 Å². The van der Waals surface area contributed by atoms with Crippen molar-refractivity contribution in [1.29, 1.82) is 0 Å². The fourth-order valence-corrected chi connectivity index (χ4v) is 1.85. The van der Waals surface area contributed by atoms with E-state index in [0.29, 0.717) is 0 Å². The molecule has 4 nitrogen and oxygen atoms in total. The summed E-state index contributed by atoms with van der Waals surface area (Å²) < 4.78 is 4.15. The van der Waals surface area contributed by atoms with Gasteiger partial charge in [0.25, 0.3) is 0 Å². The van der Waals surface area contributed by atoms with E-state index in [9.17, 15) is 0 Å². The Balaban J connectivity index is 2.04. The van der Waals surface area contributed by atoms with Gasteiger partial charge in [-0.2, -0.15) is 0 Å². The molecule has 0 aliphatic heterocycles. The van der Waals surface area contributed by atoms with Crippen molar-refractivity contribution in [3.05, 3.63) is 48.8 Å². The minimum absolute atomic E-state index is 0.803. The van der Waals surface area contributed by atoms with Gasteiger partial charge in [-0.05, 0) is 12.1 Å². The lowest BCUT2D eigenvalue weighted by atomic mass is 10.3. The first-order valence-corrected chi connectivity index (χ1v) is 5.19. The van der Waals surface area contributed by atoms with Gasteiger partial charge in [-0.3, -0.25) is 0 Å². The van der Waals surface area contributed by atoms with Crippen LogP contribution in [-0.4, -0.2) is 19.1 Å². The van der Waals surface area contributed by atoms with Crippen LogP contribution in [0.4, 0.5) is 0 Å². The largest absolute Gasteiger partial charge is 0.336 e. The molecule has 0 amide bonds. The summed E-state index contributed by atoms with van der Waals surface area (Å²) >= 11 is 0. The van der Waals surface area contributed by atoms with E-state index in [1.54, 1.807) is 0 Å². The number of hydrogen-bond donors (Lipinski definition) is 0. The molecule has 0 aliphatic rings. The predicted molar refractivity (Wildman–Crippen MR) is 62.0 cm³/mol. The number of hydrogen-bond acceptors (Lipinski definition) is 2. The van der Waals surface area contributed by atoms with Gasteiger partial charge in [-0.25, -0.2) is 9.97 Å². The summed E-state index contributed by atoms with van der Waals surface area (Å²) in [4.78, 5) is 8.47. The highest BCUT2D eigenvalue weighted by atomic mass is 15.1. The minimum Gasteiger partial charge on any atom is -0.336 e. The topological polar surface area (TPSA) is 35.6 Å². The van der Waals surface area contributed by atoms with Crippen molar-refractivity contribution in [2.75, 3.05) is 0 Å². The smallest absolute Gasteiger partial charge is 0.0962 e. The molecule has 0 saturated carbocycles. The Morgan fingerprint density at radius 1 is 1.19 bits per heavy atom. The third-order valence-corrected chi connectivity index (χ3v) is 2.78. The Labute approximate surface area is 93.2 Å². The zero-order chi connectivity index (χ0) is 11.0. The quantitative estimate of drug-likeness (QED) is 0.649. The second-order valence-electron chi connectivity index (χ2n) is 3.86. The van der Waals surface area contributed by atoms with Gasteiger partial charge in [0.15, 0.2) is 0 Å². The van der Waals surface area contributed by atoms with Crippen molar-refractivity contribution >= 4 is 11.0 Å². The standard InChI is InChI=1S/C12H12N4/c1-15-8-13-6-10(15)7-16-9-14-11-4-2-3-5-12(11)16/h2-6,8-9H,7H2,1H3. The van der Waals surface area contributed by atoms with E-state index in [1.165, 1.54) is 5.69 Å². The van der Waals surface area contributed by atoms with Gasteiger partial charge in [-0.15, -0.1) is 0 Å². The zero-order valence-corrected chi connectivity index (χ0v) is 9.04. The Morgan fingerprint density at radius 3 is 2.88 bits per heavy atom. The number of nitrogens with zero attached hydrogens (tertiary/aromatic N) is 4. The summed E-state index contributed by atoms with van der Waals surface area (Å²) in [5.74, 6) is 0. The number of fused-ring (bicyclic) bond motifs is 1. The molecule has 1 aromatic carbocycles. The number of para-hydroxylation sites is 2. The van der Waals surface area contributed by atoms with Gasteiger partial charge in [0.2, 0.25) is 0 Å². The van der Waals surface area contributed by atoms with Crippen LogP contribution in [0, 0.1) is 0 Å². The highest BCUT2D eigenvalue weighted by molar-refractivity contribution is 5.74. The summed E-state index contributed by atoms with van der Waals surface area (Å²) in [6, 6.07) is 8.14. The van der Waals surface area contributed by atoms with E-state index in [4.69, 9.17) is 0 Å². The molecule has 0 bridgehead atoms. The van der Waals surface area contributed by atoms with Gasteiger partial charge in [-0.1, -0.05) is 12.1 Å². The summed E-state index contributed by atoms with van der Waals surface area (Å²) in [7, 11) is 2.00. The maximum Gasteiger partial charge on any atom is 0.0962 e. The molecule has 0 fully saturated rings. The molecule has 0 unspecified atom stereocenters. The van der Waals surface area contributed by atoms with Crippen LogP contribution in [0.2, 0.25) is 0 Å². The average Bonchev–Trinajstić information content (AvgIpc) is 2.88. The Kier molecular flexibility index (Phi) is 1.99. The summed E-state index contributed by atoms with van der Waals surface area (Å²) in [6.45, 7) is 0.803. The second-order valence-corrected chi connectivity index (χ2v) is 3.86. The van der Waals surface area contributed by atoms with Crippen molar-refractivity contribution in [3.8, 4) is 0 Å². The second kappa shape index (κ2) is 3.48. The molecule has 0 atom stereocenters. The fourth-order valence-electron chi connectivity index (χ4n) is 1.85. The lowest BCUT2D eigenvalue weighted by Crippen LogP contribution is -2.02. The first kappa shape index (κ1) is 9.15. The van der Waals surface area contributed by atoms with Gasteiger partial charge in [0, 0.05) is 13.2 Å². The third kappa shape index (κ3) is 1.39. The van der Waals surface area contributed by atoms with Crippen LogP contribution in [0.1, 0.15) is 5.69 Å². The Bertz CT molecular complexity index is 621. The Hall–Kier alpha value is -2.10. The van der Waals surface area contributed by atoms with Crippen molar-refractivity contribution in [3.63, 3.8) is 0 Å². The molecule has 80 valence electrons. The van der Waals surface area contributed by atoms with E-state index in [-0.39, 0.29) is 0 Å². The molecule has 4 heteroatoms. The molecule has 0 radical (unpaired) electrons. The molecule has 0 N–H and O–H groups in total. The third-order valence-electron chi connectivity index (χ3n) is 2.78. The monoisotopic (exact) mass is 212 g/mol. The van der Waals surface area contributed by atoms with Crippen LogP contribution in [0.5, 0.6) is 0 Å². The van der Waals surface area contributed by atoms with Crippen LogP contribution < -0.4 is 0 Å². The van der Waals surface area contributed by atoms with Crippen molar-refractivity contribution in [2.24, 2.45) is 7.05 Å². The van der Waals surface area contributed by atoms with Gasteiger partial charge in [0.05, 0.1) is 35.9 Å². The van der Waals surface area contributed by atoms with E-state index >= 15 is 0 Å². The van der Waals surface area contributed by atoms with E-state index in [2.05, 4.69) is 20.6 Å². The van der Waals surface area contributed by atoms with Gasteiger partial charge in [0.1, 0.15) is 0 Å². The number of rotatable bonds is 2. The molecule has 0 spiro atoms. The van der Waals surface area contributed by atoms with E-state index in [1.807, 2.05) is 48.7 Å². The highest BCUT2D eigenvalue weighted by Gasteiger charge is 2.04. The molecule has 2 aromatic heterocycles. The first-order chi connectivity index (χ1) is 7.84. The number of benzene rings is 1. The average molecular weight is 212 g/mol. The molecule has 2 heterocycles. The van der Waals surface area contributed by atoms with E-state index < -0.39 is 0 Å². The van der Waals surface area contributed by atoms with Gasteiger partial charge < -0.3 is 9.13 Å². The van der Waals surface area contributed by atoms with Gasteiger partial charge >= 0.3 is 0 Å². The first-order valence-electron chi connectivity index (χ1n) is 5.19. The summed E-state index contributed by atoms with van der Waals surface area (Å²) in [6.07, 6.45) is 5.57. The molecule has 16 heavy (non-hydrogen) atoms. The Morgan fingerprint density at radius 2 is 2.06 bits per heavy atom. The van der Waals surface area contributed by atoms with Crippen molar-refractivity contribution in [2.45, 2.75) is 6.54 Å². The van der Waals surface area contributed by atoms with Crippen LogP contribution in [-0.2, 0) is 13.6 Å². The lowest BCUT2D eigenvalue weighted by molar-refractivity contribution is 0.738. The fraction of sp³-hybridized carbons (Fsp3) is 0.167. The SMILES string of the molecule is Cn1cncc1Cn1cnc2ccccc21. The molecule has 0 aliphatic carbocycles. The zero-order valence-electron chi connectivity index (χ0n) is 9.04. The summed E-state index contributed by atoms with van der Waals surface area (Å²) in [5.41, 5.74) is 3.36. The highest BCUT2D eigenvalue weighted by Crippen LogP contribution is 2.13. The van der Waals surface area contributed by atoms with E-state index in [0.717, 1.165) is 17.6 Å². The lowest BCUT2D eigenvalue weighted by Gasteiger charge is -2.04. The predicted octanol–water partition coefficient (Wildman–Crippen LogP) is 1.82. The molecule has 0 saturated heterocycles. The maximum atomic E-state index is 4.36. The van der Waals surface area contributed by atoms with Crippen LogP contribution in [0.15, 0.2) is 43.1 Å². The van der Waals surface area contributed by atoms with Crippen LogP contribution >= 0.6 is 0 Å². The molecule has 3 rings (SSSR count). The van der Waals surface area contributed by atoms with Crippen LogP contribution in [0.3, 0.4) is 0 Å². The summed E-state index contributed by atoms with van der Waals surface area (Å²) in [5, 5.41) is 0. The number of aryl methyl sites for hydroxylation is 1. The molecule has 3 aromatic rings. The van der Waals surface area contributed by atoms with Crippen molar-refractivity contribution < 1.29 is 0 Å². The number of aromatic nitrogens is 4. The van der Waals surface area contributed by atoms with Crippen molar-refractivity contribution in [1.82, 2.24) is 19.1 Å². The number of imidazole rings is 2. The maximum absolute atomic E-state index is 4.36. The molecular weight excluding hydrogens is 200 g/mol. The minimum atomic E-state index is 0.803. The normalized spacial score (nSPS) is 11.1.